The number of amides is 1. The molecule has 1 amide bonds. The van der Waals surface area contributed by atoms with E-state index < -0.39 is 11.9 Å². The number of thioether (sulfide) groups is 1. The number of amidine groups is 2. The highest BCUT2D eigenvalue weighted by molar-refractivity contribution is 8.26. The maximum atomic E-state index is 12.6. The number of carbonyl (C=O) groups excluding carboxylic acids is 2. The summed E-state index contributed by atoms with van der Waals surface area (Å²) in [5, 5.41) is 16.0. The maximum absolute atomic E-state index is 12.6. The van der Waals surface area contributed by atoms with Crippen LogP contribution in [0.4, 0.5) is 0 Å². The number of aliphatic imine (C=N–C) groups is 1. The van der Waals surface area contributed by atoms with Gasteiger partial charge in [0.05, 0.1) is 18.2 Å². The molecule has 168 valence electrons. The molecule has 0 fully saturated rings. The zero-order valence-electron chi connectivity index (χ0n) is 17.8. The highest BCUT2D eigenvalue weighted by atomic mass is 35.5. The van der Waals surface area contributed by atoms with E-state index in [9.17, 15) is 9.59 Å². The van der Waals surface area contributed by atoms with Crippen molar-refractivity contribution in [2.75, 3.05) is 7.11 Å². The summed E-state index contributed by atoms with van der Waals surface area (Å²) in [5.41, 5.74) is 1.03. The first-order chi connectivity index (χ1) is 15.9. The lowest BCUT2D eigenvalue weighted by Crippen LogP contribution is -2.35. The van der Waals surface area contributed by atoms with Crippen molar-refractivity contribution in [3.05, 3.63) is 64.2 Å². The number of methoxy groups -OCH3 is 1. The van der Waals surface area contributed by atoms with Crippen molar-refractivity contribution >= 4 is 57.4 Å². The third-order valence-electron chi connectivity index (χ3n) is 4.74. The quantitative estimate of drug-likeness (QED) is 0.353. The zero-order valence-corrected chi connectivity index (χ0v) is 19.4. The second-order valence-corrected chi connectivity index (χ2v) is 8.55. The van der Waals surface area contributed by atoms with Crippen molar-refractivity contribution in [3.63, 3.8) is 0 Å². The fourth-order valence-electron chi connectivity index (χ4n) is 3.12. The molecule has 2 heterocycles. The summed E-state index contributed by atoms with van der Waals surface area (Å²) in [4.78, 5) is 29.1. The number of carbonyl (C=O) groups is 2. The number of benzene rings is 2. The van der Waals surface area contributed by atoms with Crippen LogP contribution in [-0.2, 0) is 4.79 Å². The SMILES string of the molecule is CCCC1=NN2C(=N)/C(=C/c3ccc(OC(=O)c4ccc(Cl)cc4)c(OC)c3)C(=O)N=C2S1. The van der Waals surface area contributed by atoms with E-state index in [-0.39, 0.29) is 17.2 Å². The van der Waals surface area contributed by atoms with E-state index in [4.69, 9.17) is 26.5 Å². The molecule has 2 aromatic rings. The average Bonchev–Trinajstić information content (AvgIpc) is 3.20. The van der Waals surface area contributed by atoms with Crippen LogP contribution in [0.15, 0.2) is 58.1 Å². The van der Waals surface area contributed by atoms with Gasteiger partial charge in [-0.3, -0.25) is 10.2 Å². The Morgan fingerprint density at radius 3 is 2.67 bits per heavy atom. The standard InChI is InChI=1S/C23H19ClN4O4S/c1-3-4-19-27-28-20(25)16(21(29)26-23(28)33-19)11-13-5-10-17(18(12-13)31-2)32-22(30)14-6-8-15(24)9-7-14/h5-12,25H,3-4H2,1-2H3/b16-11-,25-20?. The van der Waals surface area contributed by atoms with Crippen molar-refractivity contribution < 1.29 is 19.1 Å². The summed E-state index contributed by atoms with van der Waals surface area (Å²) < 4.78 is 10.8. The van der Waals surface area contributed by atoms with Gasteiger partial charge in [-0.15, -0.1) is 0 Å². The van der Waals surface area contributed by atoms with E-state index in [0.717, 1.165) is 17.9 Å². The molecular formula is C23H19ClN4O4S. The molecule has 0 atom stereocenters. The fraction of sp³-hybridized carbons (Fsp3) is 0.174. The van der Waals surface area contributed by atoms with Crippen LogP contribution < -0.4 is 9.47 Å². The van der Waals surface area contributed by atoms with Crippen LogP contribution in [0.1, 0.15) is 35.7 Å². The first-order valence-electron chi connectivity index (χ1n) is 10.0. The first kappa shape index (κ1) is 22.8. The highest BCUT2D eigenvalue weighted by Crippen LogP contribution is 2.32. The van der Waals surface area contributed by atoms with Crippen molar-refractivity contribution in [2.24, 2.45) is 10.1 Å². The largest absolute Gasteiger partial charge is 0.493 e. The predicted octanol–water partition coefficient (Wildman–Crippen LogP) is 4.99. The molecule has 2 aliphatic heterocycles. The Bertz CT molecular complexity index is 1240. The Morgan fingerprint density at radius 1 is 1.21 bits per heavy atom. The van der Waals surface area contributed by atoms with Crippen LogP contribution in [0.2, 0.25) is 5.02 Å². The number of hydrogen-bond donors (Lipinski definition) is 1. The number of ether oxygens (including phenoxy) is 2. The van der Waals surface area contributed by atoms with E-state index in [1.807, 2.05) is 6.92 Å². The lowest BCUT2D eigenvalue weighted by atomic mass is 10.1. The minimum atomic E-state index is -0.561. The molecular weight excluding hydrogens is 464 g/mol. The van der Waals surface area contributed by atoms with E-state index in [1.54, 1.807) is 42.5 Å². The van der Waals surface area contributed by atoms with Crippen molar-refractivity contribution in [1.82, 2.24) is 5.01 Å². The smallest absolute Gasteiger partial charge is 0.343 e. The van der Waals surface area contributed by atoms with Gasteiger partial charge in [-0.2, -0.15) is 15.1 Å². The monoisotopic (exact) mass is 482 g/mol. The zero-order chi connectivity index (χ0) is 23.5. The third kappa shape index (κ3) is 4.84. The summed E-state index contributed by atoms with van der Waals surface area (Å²) in [6.45, 7) is 2.04. The molecule has 0 saturated heterocycles. The molecule has 33 heavy (non-hydrogen) atoms. The number of nitrogens with one attached hydrogen (secondary N) is 1. The molecule has 0 spiro atoms. The topological polar surface area (TPSA) is 104 Å². The van der Waals surface area contributed by atoms with Crippen molar-refractivity contribution in [3.8, 4) is 11.5 Å². The van der Waals surface area contributed by atoms with Crippen LogP contribution in [0.25, 0.3) is 6.08 Å². The minimum Gasteiger partial charge on any atom is -0.493 e. The normalized spacial score (nSPS) is 16.5. The van der Waals surface area contributed by atoms with Gasteiger partial charge in [-0.05, 0) is 72.6 Å². The number of nitrogens with zero attached hydrogens (tertiary/aromatic N) is 3. The molecule has 10 heteroatoms. The summed E-state index contributed by atoms with van der Waals surface area (Å²) in [6, 6.07) is 11.2. The molecule has 0 aliphatic carbocycles. The molecule has 2 aromatic carbocycles. The lowest BCUT2D eigenvalue weighted by molar-refractivity contribution is -0.114. The summed E-state index contributed by atoms with van der Waals surface area (Å²) in [6.07, 6.45) is 3.20. The van der Waals surface area contributed by atoms with Gasteiger partial charge in [0, 0.05) is 5.02 Å². The Kier molecular flexibility index (Phi) is 6.62. The van der Waals surface area contributed by atoms with Gasteiger partial charge in [0.15, 0.2) is 17.3 Å². The van der Waals surface area contributed by atoms with Gasteiger partial charge < -0.3 is 9.47 Å². The molecule has 2 aliphatic rings. The number of esters is 1. The average molecular weight is 483 g/mol. The fourth-order valence-corrected chi connectivity index (χ4v) is 4.23. The maximum Gasteiger partial charge on any atom is 0.343 e. The second kappa shape index (κ2) is 9.60. The molecule has 0 unspecified atom stereocenters. The Balaban J connectivity index is 1.57. The number of halogens is 1. The van der Waals surface area contributed by atoms with E-state index >= 15 is 0 Å². The van der Waals surface area contributed by atoms with Gasteiger partial charge in [0.2, 0.25) is 5.17 Å². The van der Waals surface area contributed by atoms with Gasteiger partial charge >= 0.3 is 5.97 Å². The summed E-state index contributed by atoms with van der Waals surface area (Å²) >= 11 is 7.17. The van der Waals surface area contributed by atoms with Gasteiger partial charge in [0.1, 0.15) is 5.04 Å². The van der Waals surface area contributed by atoms with Crippen LogP contribution in [0.3, 0.4) is 0 Å². The van der Waals surface area contributed by atoms with Gasteiger partial charge in [0.25, 0.3) is 5.91 Å². The van der Waals surface area contributed by atoms with Crippen LogP contribution >= 0.6 is 23.4 Å². The minimum absolute atomic E-state index is 0.0409. The molecule has 4 rings (SSSR count). The van der Waals surface area contributed by atoms with E-state index in [0.29, 0.717) is 27.1 Å². The molecule has 0 saturated carbocycles. The summed E-state index contributed by atoms with van der Waals surface area (Å²) in [5.74, 6) is -0.598. The Labute approximate surface area is 199 Å². The molecule has 0 aromatic heterocycles. The van der Waals surface area contributed by atoms with E-state index in [1.165, 1.54) is 30.0 Å². The molecule has 8 nitrogen and oxygen atoms in total. The molecule has 0 radical (unpaired) electrons. The van der Waals surface area contributed by atoms with Crippen LogP contribution in [0.5, 0.6) is 11.5 Å². The second-order valence-electron chi connectivity index (χ2n) is 7.07. The van der Waals surface area contributed by atoms with Gasteiger partial charge in [-0.1, -0.05) is 24.6 Å². The van der Waals surface area contributed by atoms with Crippen molar-refractivity contribution in [1.29, 1.82) is 5.41 Å². The Morgan fingerprint density at radius 2 is 1.97 bits per heavy atom. The Hall–Kier alpha value is -3.43. The predicted molar refractivity (Wildman–Crippen MR) is 129 cm³/mol. The number of hydrazone groups is 1. The summed E-state index contributed by atoms with van der Waals surface area (Å²) in [7, 11) is 1.45. The first-order valence-corrected chi connectivity index (χ1v) is 11.2. The highest BCUT2D eigenvalue weighted by Gasteiger charge is 2.35. The number of fused-ring (bicyclic) bond motifs is 1. The van der Waals surface area contributed by atoms with Gasteiger partial charge in [-0.25, -0.2) is 4.79 Å². The number of hydrogen-bond acceptors (Lipinski definition) is 7. The van der Waals surface area contributed by atoms with Crippen LogP contribution in [0, 0.1) is 5.41 Å². The van der Waals surface area contributed by atoms with Crippen LogP contribution in [-0.4, -0.2) is 40.0 Å². The molecule has 1 N–H and O–H groups in total. The lowest BCUT2D eigenvalue weighted by Gasteiger charge is -2.20. The number of rotatable bonds is 6. The third-order valence-corrected chi connectivity index (χ3v) is 5.96. The van der Waals surface area contributed by atoms with E-state index in [2.05, 4.69) is 10.1 Å². The molecule has 0 bridgehead atoms. The van der Waals surface area contributed by atoms with Crippen molar-refractivity contribution in [2.45, 2.75) is 19.8 Å².